The lowest BCUT2D eigenvalue weighted by Gasteiger charge is -2.15. The Balaban J connectivity index is 1.77. The van der Waals surface area contributed by atoms with Crippen LogP contribution in [0.2, 0.25) is 0 Å². The number of aromatic nitrogens is 1. The number of aromatic amines is 1. The molecule has 1 aliphatic rings. The van der Waals surface area contributed by atoms with E-state index in [1.54, 1.807) is 0 Å². The maximum absolute atomic E-state index is 13.3. The Labute approximate surface area is 161 Å². The lowest BCUT2D eigenvalue weighted by atomic mass is 10.1. The van der Waals surface area contributed by atoms with E-state index in [1.165, 1.54) is 13.1 Å². The Morgan fingerprint density at radius 2 is 1.96 bits per heavy atom. The minimum Gasteiger partial charge on any atom is -0.484 e. The first kappa shape index (κ1) is 19.9. The summed E-state index contributed by atoms with van der Waals surface area (Å²) in [7, 11) is 1.47. The van der Waals surface area contributed by atoms with E-state index in [4.69, 9.17) is 4.74 Å². The highest BCUT2D eigenvalue weighted by Crippen LogP contribution is 2.35. The normalized spacial score (nSPS) is 19.1. The Bertz CT molecular complexity index is 852. The SMILES string of the molecule is CNC(=O)c1[nH]c(C(=O)N[C@H]2CCC(F)(F)C2)cc1O[C@H](C)c1ccccc1. The second kappa shape index (κ2) is 8.00. The number of carbonyl (C=O) groups excluding carboxylic acids is 2. The second-order valence-electron chi connectivity index (χ2n) is 6.94. The zero-order chi connectivity index (χ0) is 20.3. The van der Waals surface area contributed by atoms with Crippen LogP contribution in [-0.2, 0) is 0 Å². The number of ether oxygens (including phenoxy) is 1. The molecule has 1 aromatic carbocycles. The van der Waals surface area contributed by atoms with Gasteiger partial charge < -0.3 is 20.4 Å². The molecule has 1 aliphatic carbocycles. The summed E-state index contributed by atoms with van der Waals surface area (Å²) >= 11 is 0. The number of hydrogen-bond acceptors (Lipinski definition) is 3. The summed E-state index contributed by atoms with van der Waals surface area (Å²) in [6.07, 6.45) is -0.758. The Morgan fingerprint density at radius 1 is 1.25 bits per heavy atom. The molecule has 0 unspecified atom stereocenters. The van der Waals surface area contributed by atoms with Crippen molar-refractivity contribution >= 4 is 11.8 Å². The molecule has 1 saturated carbocycles. The van der Waals surface area contributed by atoms with Gasteiger partial charge in [-0.05, 0) is 18.9 Å². The first-order chi connectivity index (χ1) is 13.3. The predicted molar refractivity (Wildman–Crippen MR) is 99.7 cm³/mol. The van der Waals surface area contributed by atoms with Gasteiger partial charge in [0.2, 0.25) is 5.92 Å². The van der Waals surface area contributed by atoms with Crippen LogP contribution in [0, 0.1) is 0 Å². The largest absolute Gasteiger partial charge is 0.484 e. The molecule has 2 aromatic rings. The third-order valence-electron chi connectivity index (χ3n) is 4.79. The van der Waals surface area contributed by atoms with Crippen molar-refractivity contribution in [2.75, 3.05) is 7.05 Å². The summed E-state index contributed by atoms with van der Waals surface area (Å²) in [5, 5.41) is 5.09. The molecule has 1 heterocycles. The smallest absolute Gasteiger partial charge is 0.271 e. The summed E-state index contributed by atoms with van der Waals surface area (Å²) < 4.78 is 32.6. The molecule has 0 saturated heterocycles. The molecule has 2 amide bonds. The van der Waals surface area contributed by atoms with E-state index in [0.29, 0.717) is 0 Å². The van der Waals surface area contributed by atoms with E-state index in [1.807, 2.05) is 37.3 Å². The average molecular weight is 391 g/mol. The van der Waals surface area contributed by atoms with E-state index in [0.717, 1.165) is 5.56 Å². The Morgan fingerprint density at radius 3 is 2.57 bits per heavy atom. The molecule has 3 rings (SSSR count). The fourth-order valence-electron chi connectivity index (χ4n) is 3.26. The highest BCUT2D eigenvalue weighted by molar-refractivity contribution is 5.99. The van der Waals surface area contributed by atoms with Crippen molar-refractivity contribution in [3.8, 4) is 5.75 Å². The number of amides is 2. The quantitative estimate of drug-likeness (QED) is 0.706. The molecule has 1 fully saturated rings. The van der Waals surface area contributed by atoms with Crippen LogP contribution < -0.4 is 15.4 Å². The minimum absolute atomic E-state index is 0.0871. The zero-order valence-electron chi connectivity index (χ0n) is 15.7. The summed E-state index contributed by atoms with van der Waals surface area (Å²) in [5.74, 6) is -3.52. The molecule has 2 atom stereocenters. The van der Waals surface area contributed by atoms with Crippen LogP contribution in [0.1, 0.15) is 58.8 Å². The van der Waals surface area contributed by atoms with Gasteiger partial charge in [0.05, 0.1) is 0 Å². The van der Waals surface area contributed by atoms with Gasteiger partial charge in [0.15, 0.2) is 5.75 Å². The number of H-pyrrole nitrogens is 1. The maximum atomic E-state index is 13.3. The molecule has 150 valence electrons. The lowest BCUT2D eigenvalue weighted by Crippen LogP contribution is -2.34. The zero-order valence-corrected chi connectivity index (χ0v) is 15.7. The van der Waals surface area contributed by atoms with Crippen LogP contribution in [0.3, 0.4) is 0 Å². The van der Waals surface area contributed by atoms with Crippen molar-refractivity contribution in [2.24, 2.45) is 0 Å². The highest BCUT2D eigenvalue weighted by atomic mass is 19.3. The maximum Gasteiger partial charge on any atom is 0.271 e. The van der Waals surface area contributed by atoms with Gasteiger partial charge in [0.25, 0.3) is 11.8 Å². The Kier molecular flexibility index (Phi) is 5.67. The van der Waals surface area contributed by atoms with Gasteiger partial charge >= 0.3 is 0 Å². The van der Waals surface area contributed by atoms with E-state index >= 15 is 0 Å². The molecular weight excluding hydrogens is 368 g/mol. The second-order valence-corrected chi connectivity index (χ2v) is 6.94. The third-order valence-corrected chi connectivity index (χ3v) is 4.79. The van der Waals surface area contributed by atoms with E-state index in [-0.39, 0.29) is 42.5 Å². The number of hydrogen-bond donors (Lipinski definition) is 3. The van der Waals surface area contributed by atoms with Gasteiger partial charge in [-0.15, -0.1) is 0 Å². The van der Waals surface area contributed by atoms with Crippen LogP contribution in [0.5, 0.6) is 5.75 Å². The standard InChI is InChI=1S/C20H23F2N3O3/c1-12(13-6-4-3-5-7-13)28-16-10-15(25-17(16)19(27)23-2)18(26)24-14-8-9-20(21,22)11-14/h3-7,10,12,14,25H,8-9,11H2,1-2H3,(H,23,27)(H,24,26)/t12-,14+/m1/s1. The molecule has 6 nitrogen and oxygen atoms in total. The van der Waals surface area contributed by atoms with Gasteiger partial charge in [-0.25, -0.2) is 8.78 Å². The molecule has 8 heteroatoms. The van der Waals surface area contributed by atoms with Gasteiger partial charge in [-0.3, -0.25) is 9.59 Å². The third kappa shape index (κ3) is 4.49. The number of alkyl halides is 2. The van der Waals surface area contributed by atoms with Gasteiger partial charge in [0.1, 0.15) is 17.5 Å². The molecule has 0 spiro atoms. The molecule has 0 aliphatic heterocycles. The van der Waals surface area contributed by atoms with Gasteiger partial charge in [-0.1, -0.05) is 30.3 Å². The summed E-state index contributed by atoms with van der Waals surface area (Å²) in [6, 6.07) is 10.3. The monoisotopic (exact) mass is 391 g/mol. The van der Waals surface area contributed by atoms with Crippen LogP contribution in [0.25, 0.3) is 0 Å². The molecule has 0 bridgehead atoms. The topological polar surface area (TPSA) is 83.2 Å². The predicted octanol–water partition coefficient (Wildman–Crippen LogP) is 3.43. The van der Waals surface area contributed by atoms with Crippen LogP contribution >= 0.6 is 0 Å². The van der Waals surface area contributed by atoms with Crippen molar-refractivity contribution in [3.05, 3.63) is 53.3 Å². The summed E-state index contributed by atoms with van der Waals surface area (Å²) in [5.41, 5.74) is 1.10. The van der Waals surface area contributed by atoms with Crippen LogP contribution in [-0.4, -0.2) is 35.8 Å². The number of rotatable bonds is 6. The molecular formula is C20H23F2N3O3. The van der Waals surface area contributed by atoms with Crippen molar-refractivity contribution in [1.82, 2.24) is 15.6 Å². The summed E-state index contributed by atoms with van der Waals surface area (Å²) in [4.78, 5) is 27.4. The lowest BCUT2D eigenvalue weighted by molar-refractivity contribution is 0.00709. The van der Waals surface area contributed by atoms with Crippen molar-refractivity contribution in [3.63, 3.8) is 0 Å². The number of carbonyl (C=O) groups is 2. The van der Waals surface area contributed by atoms with E-state index in [9.17, 15) is 18.4 Å². The number of halogens is 2. The summed E-state index contributed by atoms with van der Waals surface area (Å²) in [6.45, 7) is 1.83. The Hall–Kier alpha value is -2.90. The molecule has 1 aromatic heterocycles. The van der Waals surface area contributed by atoms with Crippen molar-refractivity contribution in [2.45, 2.75) is 44.3 Å². The average Bonchev–Trinajstić information content (AvgIpc) is 3.24. The van der Waals surface area contributed by atoms with Gasteiger partial charge in [0, 0.05) is 32.0 Å². The van der Waals surface area contributed by atoms with E-state index in [2.05, 4.69) is 15.6 Å². The number of benzene rings is 1. The fraction of sp³-hybridized carbons (Fsp3) is 0.400. The fourth-order valence-corrected chi connectivity index (χ4v) is 3.26. The van der Waals surface area contributed by atoms with Crippen LogP contribution in [0.4, 0.5) is 8.78 Å². The number of nitrogens with one attached hydrogen (secondary N) is 3. The van der Waals surface area contributed by atoms with Crippen molar-refractivity contribution in [1.29, 1.82) is 0 Å². The van der Waals surface area contributed by atoms with E-state index < -0.39 is 23.8 Å². The van der Waals surface area contributed by atoms with Crippen LogP contribution in [0.15, 0.2) is 36.4 Å². The molecule has 3 N–H and O–H groups in total. The molecule has 28 heavy (non-hydrogen) atoms. The van der Waals surface area contributed by atoms with Crippen molar-refractivity contribution < 1.29 is 23.1 Å². The first-order valence-corrected chi connectivity index (χ1v) is 9.14. The first-order valence-electron chi connectivity index (χ1n) is 9.14. The molecule has 0 radical (unpaired) electrons. The highest BCUT2D eigenvalue weighted by Gasteiger charge is 2.40. The minimum atomic E-state index is -2.75. The van der Waals surface area contributed by atoms with Gasteiger partial charge in [-0.2, -0.15) is 0 Å².